The molecule has 98 valence electrons. The highest BCUT2D eigenvalue weighted by atomic mass is 32.1. The van der Waals surface area contributed by atoms with Crippen LogP contribution in [-0.2, 0) is 4.74 Å². The minimum Gasteiger partial charge on any atom is -0.381 e. The average molecular weight is 265 g/mol. The van der Waals surface area contributed by atoms with Gasteiger partial charge in [0.25, 0.3) is 5.91 Å². The lowest BCUT2D eigenvalue weighted by molar-refractivity contribution is -0.0942. The summed E-state index contributed by atoms with van der Waals surface area (Å²) in [6, 6.07) is 7.48. The van der Waals surface area contributed by atoms with Crippen LogP contribution < -0.4 is 5.32 Å². The topological polar surface area (TPSA) is 38.3 Å². The van der Waals surface area contributed by atoms with Gasteiger partial charge in [-0.15, -0.1) is 12.6 Å². The Morgan fingerprint density at radius 3 is 2.67 bits per heavy atom. The maximum atomic E-state index is 12.2. The van der Waals surface area contributed by atoms with Crippen molar-refractivity contribution >= 4 is 18.5 Å². The maximum absolute atomic E-state index is 12.2. The van der Waals surface area contributed by atoms with Gasteiger partial charge in [-0.25, -0.2) is 0 Å². The van der Waals surface area contributed by atoms with Gasteiger partial charge in [0, 0.05) is 23.5 Å². The van der Waals surface area contributed by atoms with Crippen LogP contribution >= 0.6 is 12.6 Å². The number of ether oxygens (including phenoxy) is 1. The highest BCUT2D eigenvalue weighted by Crippen LogP contribution is 2.42. The Hall–Kier alpha value is -1.00. The fourth-order valence-electron chi connectivity index (χ4n) is 2.43. The number of methoxy groups -OCH3 is 1. The molecule has 1 aromatic rings. The zero-order valence-electron chi connectivity index (χ0n) is 10.9. The van der Waals surface area contributed by atoms with Crippen molar-refractivity contribution in [1.82, 2.24) is 5.32 Å². The molecule has 0 saturated heterocycles. The first-order valence-electron chi connectivity index (χ1n) is 6.08. The SMILES string of the molecule is COC1CC(NC(=O)c2ccccc2S)C1(C)C. The van der Waals surface area contributed by atoms with Crippen LogP contribution in [0.4, 0.5) is 0 Å². The zero-order chi connectivity index (χ0) is 13.3. The molecule has 18 heavy (non-hydrogen) atoms. The Balaban J connectivity index is 2.04. The smallest absolute Gasteiger partial charge is 0.252 e. The Morgan fingerprint density at radius 1 is 1.44 bits per heavy atom. The summed E-state index contributed by atoms with van der Waals surface area (Å²) in [5.74, 6) is -0.0618. The van der Waals surface area contributed by atoms with E-state index in [-0.39, 0.29) is 23.5 Å². The van der Waals surface area contributed by atoms with Crippen molar-refractivity contribution in [2.24, 2.45) is 5.41 Å². The number of amides is 1. The number of carbonyl (C=O) groups is 1. The lowest BCUT2D eigenvalue weighted by Crippen LogP contribution is -2.61. The number of thiol groups is 1. The van der Waals surface area contributed by atoms with Crippen LogP contribution in [0.1, 0.15) is 30.6 Å². The first-order chi connectivity index (χ1) is 8.46. The van der Waals surface area contributed by atoms with E-state index in [9.17, 15) is 4.79 Å². The maximum Gasteiger partial charge on any atom is 0.252 e. The first-order valence-corrected chi connectivity index (χ1v) is 6.53. The molecular weight excluding hydrogens is 246 g/mol. The third kappa shape index (κ3) is 2.27. The second-order valence-electron chi connectivity index (χ2n) is 5.32. The van der Waals surface area contributed by atoms with Crippen LogP contribution in [0.25, 0.3) is 0 Å². The molecule has 1 amide bonds. The van der Waals surface area contributed by atoms with Crippen LogP contribution in [0.3, 0.4) is 0 Å². The lowest BCUT2D eigenvalue weighted by atomic mass is 9.64. The summed E-state index contributed by atoms with van der Waals surface area (Å²) in [5.41, 5.74) is 0.605. The van der Waals surface area contributed by atoms with E-state index in [1.807, 2.05) is 18.2 Å². The number of rotatable bonds is 3. The van der Waals surface area contributed by atoms with Gasteiger partial charge in [0.2, 0.25) is 0 Å². The van der Waals surface area contributed by atoms with Crippen molar-refractivity contribution < 1.29 is 9.53 Å². The van der Waals surface area contributed by atoms with E-state index in [1.54, 1.807) is 13.2 Å². The summed E-state index contributed by atoms with van der Waals surface area (Å²) in [6.45, 7) is 4.23. The minimum absolute atomic E-state index is 0.0179. The van der Waals surface area contributed by atoms with Crippen LogP contribution in [0, 0.1) is 5.41 Å². The molecule has 0 aliphatic heterocycles. The standard InChI is InChI=1S/C14H19NO2S/c1-14(2)11(8-12(14)17-3)15-13(16)9-6-4-5-7-10(9)18/h4-7,11-12,18H,8H2,1-3H3,(H,15,16). The highest BCUT2D eigenvalue weighted by molar-refractivity contribution is 7.80. The van der Waals surface area contributed by atoms with Crippen LogP contribution in [0.2, 0.25) is 0 Å². The summed E-state index contributed by atoms with van der Waals surface area (Å²) in [7, 11) is 1.72. The Kier molecular flexibility index (Phi) is 3.69. The van der Waals surface area contributed by atoms with Gasteiger partial charge in [0.1, 0.15) is 0 Å². The molecule has 3 nitrogen and oxygen atoms in total. The fraction of sp³-hybridized carbons (Fsp3) is 0.500. The second kappa shape index (κ2) is 4.94. The largest absolute Gasteiger partial charge is 0.381 e. The van der Waals surface area contributed by atoms with E-state index in [0.29, 0.717) is 10.5 Å². The molecule has 1 N–H and O–H groups in total. The molecular formula is C14H19NO2S. The molecule has 2 rings (SSSR count). The van der Waals surface area contributed by atoms with Crippen molar-refractivity contribution in [2.75, 3.05) is 7.11 Å². The van der Waals surface area contributed by atoms with Gasteiger partial charge in [0.05, 0.1) is 11.7 Å². The van der Waals surface area contributed by atoms with Crippen molar-refractivity contribution in [3.8, 4) is 0 Å². The monoisotopic (exact) mass is 265 g/mol. The molecule has 2 unspecified atom stereocenters. The number of hydrogen-bond donors (Lipinski definition) is 2. The van der Waals surface area contributed by atoms with E-state index in [4.69, 9.17) is 4.74 Å². The predicted molar refractivity (Wildman–Crippen MR) is 74.1 cm³/mol. The predicted octanol–water partition coefficient (Wildman–Crippen LogP) is 2.52. The zero-order valence-corrected chi connectivity index (χ0v) is 11.8. The number of benzene rings is 1. The van der Waals surface area contributed by atoms with Crippen LogP contribution in [0.15, 0.2) is 29.2 Å². The fourth-order valence-corrected chi connectivity index (χ4v) is 2.69. The molecule has 0 heterocycles. The van der Waals surface area contributed by atoms with Crippen LogP contribution in [0.5, 0.6) is 0 Å². The van der Waals surface area contributed by atoms with Crippen molar-refractivity contribution in [3.63, 3.8) is 0 Å². The van der Waals surface area contributed by atoms with E-state index in [1.165, 1.54) is 0 Å². The molecule has 2 atom stereocenters. The van der Waals surface area contributed by atoms with E-state index >= 15 is 0 Å². The summed E-state index contributed by atoms with van der Waals surface area (Å²) >= 11 is 4.30. The number of hydrogen-bond acceptors (Lipinski definition) is 3. The quantitative estimate of drug-likeness (QED) is 0.824. The van der Waals surface area contributed by atoms with Crippen molar-refractivity contribution in [2.45, 2.75) is 37.3 Å². The summed E-state index contributed by atoms with van der Waals surface area (Å²) < 4.78 is 5.38. The van der Waals surface area contributed by atoms with Gasteiger partial charge in [-0.1, -0.05) is 26.0 Å². The normalized spacial score (nSPS) is 25.3. The molecule has 0 spiro atoms. The van der Waals surface area contributed by atoms with Crippen molar-refractivity contribution in [3.05, 3.63) is 29.8 Å². The number of nitrogens with one attached hydrogen (secondary N) is 1. The Morgan fingerprint density at radius 2 is 2.11 bits per heavy atom. The Bertz CT molecular complexity index is 459. The summed E-state index contributed by atoms with van der Waals surface area (Å²) in [5, 5.41) is 3.06. The summed E-state index contributed by atoms with van der Waals surface area (Å²) in [4.78, 5) is 12.9. The second-order valence-corrected chi connectivity index (χ2v) is 5.81. The third-order valence-corrected chi connectivity index (χ3v) is 4.31. The molecule has 0 aromatic heterocycles. The molecule has 1 aromatic carbocycles. The van der Waals surface area contributed by atoms with Crippen LogP contribution in [-0.4, -0.2) is 25.2 Å². The van der Waals surface area contributed by atoms with Gasteiger partial charge in [-0.05, 0) is 18.6 Å². The molecule has 1 aliphatic carbocycles. The minimum atomic E-state index is -0.0618. The van der Waals surface area contributed by atoms with Gasteiger partial charge in [-0.2, -0.15) is 0 Å². The average Bonchev–Trinajstić information content (AvgIpc) is 2.34. The summed E-state index contributed by atoms with van der Waals surface area (Å²) in [6.07, 6.45) is 1.08. The van der Waals surface area contributed by atoms with Gasteiger partial charge in [0.15, 0.2) is 0 Å². The lowest BCUT2D eigenvalue weighted by Gasteiger charge is -2.51. The third-order valence-electron chi connectivity index (χ3n) is 3.92. The molecule has 4 heteroatoms. The molecule has 0 bridgehead atoms. The van der Waals surface area contributed by atoms with E-state index in [2.05, 4.69) is 31.8 Å². The first kappa shape index (κ1) is 13.4. The van der Waals surface area contributed by atoms with Gasteiger partial charge in [-0.3, -0.25) is 4.79 Å². The molecule has 1 aliphatic rings. The van der Waals surface area contributed by atoms with E-state index in [0.717, 1.165) is 6.42 Å². The Labute approximate surface area is 113 Å². The molecule has 1 saturated carbocycles. The highest BCUT2D eigenvalue weighted by Gasteiger charge is 2.49. The van der Waals surface area contributed by atoms with Gasteiger partial charge < -0.3 is 10.1 Å². The molecule has 1 fully saturated rings. The molecule has 0 radical (unpaired) electrons. The van der Waals surface area contributed by atoms with E-state index < -0.39 is 0 Å². The van der Waals surface area contributed by atoms with Gasteiger partial charge >= 0.3 is 0 Å². The van der Waals surface area contributed by atoms with Crippen molar-refractivity contribution in [1.29, 1.82) is 0 Å². The number of carbonyl (C=O) groups excluding carboxylic acids is 1.